The number of amides is 1. The Bertz CT molecular complexity index is 738. The molecule has 0 unspecified atom stereocenters. The summed E-state index contributed by atoms with van der Waals surface area (Å²) in [6, 6.07) is 10.6. The lowest BCUT2D eigenvalue weighted by molar-refractivity contribution is 0.0693. The van der Waals surface area contributed by atoms with Crippen molar-refractivity contribution in [1.82, 2.24) is 15.0 Å². The van der Waals surface area contributed by atoms with Gasteiger partial charge < -0.3 is 9.42 Å². The number of carbonyl (C=O) groups is 1. The van der Waals surface area contributed by atoms with Crippen LogP contribution in [0, 0.1) is 5.92 Å². The summed E-state index contributed by atoms with van der Waals surface area (Å²) < 4.78 is 5.27. The first-order valence-electron chi connectivity index (χ1n) is 8.92. The van der Waals surface area contributed by atoms with E-state index in [2.05, 4.69) is 55.2 Å². The highest BCUT2D eigenvalue weighted by Crippen LogP contribution is 2.22. The Kier molecular flexibility index (Phi) is 5.23. The Morgan fingerprint density at radius 3 is 2.80 bits per heavy atom. The summed E-state index contributed by atoms with van der Waals surface area (Å²) in [5.41, 5.74) is 3.60. The third-order valence-electron chi connectivity index (χ3n) is 4.84. The molecule has 1 amide bonds. The van der Waals surface area contributed by atoms with Crippen molar-refractivity contribution >= 4 is 5.91 Å². The zero-order chi connectivity index (χ0) is 18.0. The summed E-state index contributed by atoms with van der Waals surface area (Å²) in [6.07, 6.45) is 1.78. The van der Waals surface area contributed by atoms with Crippen molar-refractivity contribution < 1.29 is 9.32 Å². The Morgan fingerprint density at radius 1 is 1.36 bits per heavy atom. The van der Waals surface area contributed by atoms with Gasteiger partial charge in [-0.25, -0.2) is 0 Å². The molecule has 0 saturated carbocycles. The third kappa shape index (κ3) is 4.10. The molecule has 5 heteroatoms. The number of hydrogen-bond donors (Lipinski definition) is 0. The van der Waals surface area contributed by atoms with Crippen molar-refractivity contribution in [3.63, 3.8) is 0 Å². The molecule has 2 heterocycles. The molecule has 0 N–H and O–H groups in total. The standard InChI is InChI=1S/C20H27N3O2/c1-14(2)9-17-11-19(25-21-17)20(24)23(4)13-18-10-15-7-5-6-8-16(15)12-22(18)3/h5-8,11,14,18H,9-10,12-13H2,1-4H3/t18-/m0/s1. The fraction of sp³-hybridized carbons (Fsp3) is 0.500. The van der Waals surface area contributed by atoms with Crippen molar-refractivity contribution in [2.24, 2.45) is 5.92 Å². The van der Waals surface area contributed by atoms with E-state index in [-0.39, 0.29) is 5.91 Å². The molecule has 25 heavy (non-hydrogen) atoms. The molecule has 5 nitrogen and oxygen atoms in total. The molecule has 0 spiro atoms. The monoisotopic (exact) mass is 341 g/mol. The minimum Gasteiger partial charge on any atom is -0.351 e. The Morgan fingerprint density at radius 2 is 2.08 bits per heavy atom. The highest BCUT2D eigenvalue weighted by atomic mass is 16.5. The minimum atomic E-state index is -0.102. The fourth-order valence-electron chi connectivity index (χ4n) is 3.44. The summed E-state index contributed by atoms with van der Waals surface area (Å²) >= 11 is 0. The summed E-state index contributed by atoms with van der Waals surface area (Å²) in [4.78, 5) is 16.7. The van der Waals surface area contributed by atoms with E-state index in [4.69, 9.17) is 4.52 Å². The summed E-state index contributed by atoms with van der Waals surface area (Å²) in [6.45, 7) is 5.84. The number of aromatic nitrogens is 1. The van der Waals surface area contributed by atoms with E-state index < -0.39 is 0 Å². The molecule has 0 bridgehead atoms. The first-order chi connectivity index (χ1) is 11.9. The summed E-state index contributed by atoms with van der Waals surface area (Å²) in [5, 5.41) is 4.02. The van der Waals surface area contributed by atoms with Gasteiger partial charge in [-0.1, -0.05) is 43.3 Å². The number of hydrogen-bond acceptors (Lipinski definition) is 4. The number of fused-ring (bicyclic) bond motifs is 1. The SMILES string of the molecule is CC(C)Cc1cc(C(=O)N(C)C[C@@H]2Cc3ccccc3CN2C)on1. The first kappa shape index (κ1) is 17.7. The van der Waals surface area contributed by atoms with Crippen molar-refractivity contribution in [1.29, 1.82) is 0 Å². The molecule has 2 aromatic rings. The Labute approximate surface area is 149 Å². The molecule has 0 fully saturated rings. The normalized spacial score (nSPS) is 17.6. The number of carbonyl (C=O) groups excluding carboxylic acids is 1. The Balaban J connectivity index is 1.64. The molecule has 1 aliphatic rings. The molecule has 1 atom stereocenters. The van der Waals surface area contributed by atoms with Crippen LogP contribution in [-0.4, -0.2) is 47.5 Å². The van der Waals surface area contributed by atoms with E-state index in [9.17, 15) is 4.79 Å². The van der Waals surface area contributed by atoms with Crippen molar-refractivity contribution in [2.75, 3.05) is 20.6 Å². The van der Waals surface area contributed by atoms with Gasteiger partial charge in [-0.2, -0.15) is 0 Å². The van der Waals surface area contributed by atoms with Gasteiger partial charge in [0, 0.05) is 32.2 Å². The molecule has 0 aliphatic carbocycles. The maximum Gasteiger partial charge on any atom is 0.292 e. The average molecular weight is 341 g/mol. The lowest BCUT2D eigenvalue weighted by Gasteiger charge is -2.36. The minimum absolute atomic E-state index is 0.102. The van der Waals surface area contributed by atoms with Gasteiger partial charge in [0.1, 0.15) is 0 Å². The molecule has 134 valence electrons. The summed E-state index contributed by atoms with van der Waals surface area (Å²) in [7, 11) is 3.95. The van der Waals surface area contributed by atoms with Gasteiger partial charge in [-0.15, -0.1) is 0 Å². The van der Waals surface area contributed by atoms with Gasteiger partial charge in [0.25, 0.3) is 5.91 Å². The van der Waals surface area contributed by atoms with Crippen LogP contribution in [0.25, 0.3) is 0 Å². The molecule has 0 saturated heterocycles. The quantitative estimate of drug-likeness (QED) is 0.839. The fourth-order valence-corrected chi connectivity index (χ4v) is 3.44. The van der Waals surface area contributed by atoms with Gasteiger partial charge in [0.2, 0.25) is 5.76 Å². The second-order valence-electron chi connectivity index (χ2n) is 7.51. The molecular weight excluding hydrogens is 314 g/mol. The second-order valence-corrected chi connectivity index (χ2v) is 7.51. The molecule has 1 aromatic carbocycles. The van der Waals surface area contributed by atoms with Gasteiger partial charge in [0.05, 0.1) is 5.69 Å². The van der Waals surface area contributed by atoms with E-state index in [1.165, 1.54) is 11.1 Å². The smallest absolute Gasteiger partial charge is 0.292 e. The van der Waals surface area contributed by atoms with Crippen LogP contribution in [0.1, 0.15) is 41.2 Å². The largest absolute Gasteiger partial charge is 0.351 e. The third-order valence-corrected chi connectivity index (χ3v) is 4.84. The predicted molar refractivity (Wildman–Crippen MR) is 97.4 cm³/mol. The zero-order valence-corrected chi connectivity index (χ0v) is 15.5. The van der Waals surface area contributed by atoms with Gasteiger partial charge in [-0.05, 0) is 36.9 Å². The molecule has 1 aliphatic heterocycles. The first-order valence-corrected chi connectivity index (χ1v) is 8.92. The highest BCUT2D eigenvalue weighted by Gasteiger charge is 2.27. The zero-order valence-electron chi connectivity index (χ0n) is 15.5. The molecular formula is C20H27N3O2. The summed E-state index contributed by atoms with van der Waals surface area (Å²) in [5.74, 6) is 0.716. The van der Waals surface area contributed by atoms with Crippen LogP contribution in [0.2, 0.25) is 0 Å². The van der Waals surface area contributed by atoms with E-state index in [1.807, 2.05) is 7.05 Å². The lowest BCUT2D eigenvalue weighted by Crippen LogP contribution is -2.46. The van der Waals surface area contributed by atoms with E-state index in [0.29, 0.717) is 24.3 Å². The van der Waals surface area contributed by atoms with Crippen molar-refractivity contribution in [3.8, 4) is 0 Å². The molecule has 0 radical (unpaired) electrons. The van der Waals surface area contributed by atoms with E-state index in [1.54, 1.807) is 11.0 Å². The van der Waals surface area contributed by atoms with Gasteiger partial charge in [0.15, 0.2) is 0 Å². The Hall–Kier alpha value is -2.14. The second kappa shape index (κ2) is 7.40. The van der Waals surface area contributed by atoms with Crippen molar-refractivity contribution in [2.45, 2.75) is 39.3 Å². The van der Waals surface area contributed by atoms with Crippen LogP contribution in [-0.2, 0) is 19.4 Å². The lowest BCUT2D eigenvalue weighted by atomic mass is 9.94. The molecule has 3 rings (SSSR count). The number of rotatable bonds is 5. The van der Waals surface area contributed by atoms with Crippen molar-refractivity contribution in [3.05, 3.63) is 52.9 Å². The average Bonchev–Trinajstić information content (AvgIpc) is 3.02. The predicted octanol–water partition coefficient (Wildman–Crippen LogP) is 3.00. The van der Waals surface area contributed by atoms with Crippen LogP contribution in [0.4, 0.5) is 0 Å². The number of likely N-dealkylation sites (N-methyl/N-ethyl adjacent to an activating group) is 2. The van der Waals surface area contributed by atoms with Crippen LogP contribution in [0.3, 0.4) is 0 Å². The molecule has 1 aromatic heterocycles. The maximum atomic E-state index is 12.6. The van der Waals surface area contributed by atoms with Crippen LogP contribution in [0.15, 0.2) is 34.9 Å². The van der Waals surface area contributed by atoms with Crippen LogP contribution >= 0.6 is 0 Å². The van der Waals surface area contributed by atoms with Gasteiger partial charge in [-0.3, -0.25) is 9.69 Å². The number of nitrogens with zero attached hydrogens (tertiary/aromatic N) is 3. The van der Waals surface area contributed by atoms with E-state index in [0.717, 1.165) is 25.1 Å². The van der Waals surface area contributed by atoms with Crippen LogP contribution < -0.4 is 0 Å². The van der Waals surface area contributed by atoms with Gasteiger partial charge >= 0.3 is 0 Å². The van der Waals surface area contributed by atoms with E-state index >= 15 is 0 Å². The topological polar surface area (TPSA) is 49.6 Å². The highest BCUT2D eigenvalue weighted by molar-refractivity contribution is 5.91. The van der Waals surface area contributed by atoms with Crippen LogP contribution in [0.5, 0.6) is 0 Å². The number of benzene rings is 1. The maximum absolute atomic E-state index is 12.6.